The first-order valence-electron chi connectivity index (χ1n) is 5.31. The van der Waals surface area contributed by atoms with Gasteiger partial charge in [0.05, 0.1) is 10.6 Å². The average Bonchev–Trinajstić information content (AvgIpc) is 2.85. The predicted molar refractivity (Wildman–Crippen MR) is 73.6 cm³/mol. The van der Waals surface area contributed by atoms with Crippen molar-refractivity contribution in [2.75, 3.05) is 5.75 Å². The number of Topliss-reactive ketones (excluding diaryl/α,β-unsaturated/α-hetero) is 1. The van der Waals surface area contributed by atoms with E-state index in [-0.39, 0.29) is 16.4 Å². The fraction of sp³-hybridized carbons (Fsp3) is 0.167. The van der Waals surface area contributed by atoms with E-state index in [2.05, 4.69) is 4.98 Å². The number of aromatic nitrogens is 1. The number of carbonyl (C=O) groups excluding carboxylic acids is 1. The maximum absolute atomic E-state index is 12.4. The lowest BCUT2D eigenvalue weighted by Crippen LogP contribution is -2.03. The van der Waals surface area contributed by atoms with Gasteiger partial charge in [0.15, 0.2) is 10.8 Å². The van der Waals surface area contributed by atoms with Gasteiger partial charge in [0.25, 0.3) is 0 Å². The molecule has 2 nitrogen and oxygen atoms in total. The monoisotopic (exact) mass is 337 g/mol. The molecule has 2 aromatic rings. The Kier molecular flexibility index (Phi) is 4.72. The second-order valence-electron chi connectivity index (χ2n) is 3.70. The minimum Gasteiger partial charge on any atom is -0.292 e. The lowest BCUT2D eigenvalue weighted by molar-refractivity contribution is -0.137. The van der Waals surface area contributed by atoms with Gasteiger partial charge in [-0.15, -0.1) is 23.1 Å². The summed E-state index contributed by atoms with van der Waals surface area (Å²) in [5.74, 6) is -0.345. The van der Waals surface area contributed by atoms with E-state index in [0.29, 0.717) is 16.4 Å². The van der Waals surface area contributed by atoms with Gasteiger partial charge < -0.3 is 0 Å². The van der Waals surface area contributed by atoms with Crippen LogP contribution < -0.4 is 0 Å². The molecule has 0 amide bonds. The molecule has 8 heteroatoms. The molecular formula is C12H7ClF3NOS2. The van der Waals surface area contributed by atoms with Crippen LogP contribution in [0.3, 0.4) is 0 Å². The third-order valence-electron chi connectivity index (χ3n) is 2.19. The number of rotatable bonds is 4. The number of hydrogen-bond donors (Lipinski definition) is 0. The first kappa shape index (κ1) is 15.3. The van der Waals surface area contributed by atoms with Gasteiger partial charge in [-0.2, -0.15) is 13.2 Å². The van der Waals surface area contributed by atoms with Crippen LogP contribution in [0.25, 0.3) is 0 Å². The van der Waals surface area contributed by atoms with Crippen LogP contribution in [0.1, 0.15) is 14.7 Å². The summed E-state index contributed by atoms with van der Waals surface area (Å²) >= 11 is 7.38. The van der Waals surface area contributed by atoms with E-state index in [1.165, 1.54) is 11.8 Å². The second-order valence-corrected chi connectivity index (χ2v) is 6.21. The Bertz CT molecular complexity index is 627. The molecule has 0 aliphatic carbocycles. The Hall–Kier alpha value is -1.05. The smallest absolute Gasteiger partial charge is 0.292 e. The summed E-state index contributed by atoms with van der Waals surface area (Å²) in [5.41, 5.74) is 0. The standard InChI is InChI=1S/C12H7ClF3NOS2/c13-7-2-1-3-8(4-7)19-6-9(18)10-5-17-11(20-10)12(14,15)16/h1-5H,6H2. The van der Waals surface area contributed by atoms with Gasteiger partial charge in [0, 0.05) is 16.1 Å². The first-order valence-corrected chi connectivity index (χ1v) is 7.49. The maximum atomic E-state index is 12.4. The van der Waals surface area contributed by atoms with E-state index < -0.39 is 11.2 Å². The highest BCUT2D eigenvalue weighted by molar-refractivity contribution is 8.00. The molecule has 0 spiro atoms. The van der Waals surface area contributed by atoms with Crippen LogP contribution in [0, 0.1) is 0 Å². The summed E-state index contributed by atoms with van der Waals surface area (Å²) in [6.07, 6.45) is -3.54. The van der Waals surface area contributed by atoms with Crippen LogP contribution in [-0.2, 0) is 6.18 Å². The van der Waals surface area contributed by atoms with E-state index in [9.17, 15) is 18.0 Å². The van der Waals surface area contributed by atoms with E-state index >= 15 is 0 Å². The molecule has 0 saturated heterocycles. The molecule has 0 atom stereocenters. The third kappa shape index (κ3) is 3.97. The quantitative estimate of drug-likeness (QED) is 0.593. The molecular weight excluding hydrogens is 331 g/mol. The molecule has 0 N–H and O–H groups in total. The van der Waals surface area contributed by atoms with Gasteiger partial charge in [-0.3, -0.25) is 4.79 Å². The normalized spacial score (nSPS) is 11.6. The van der Waals surface area contributed by atoms with Crippen molar-refractivity contribution in [2.24, 2.45) is 0 Å². The van der Waals surface area contributed by atoms with Crippen molar-refractivity contribution >= 4 is 40.5 Å². The predicted octanol–water partition coefficient (Wildman–Crippen LogP) is 4.79. The van der Waals surface area contributed by atoms with Gasteiger partial charge in [0.2, 0.25) is 0 Å². The lowest BCUT2D eigenvalue weighted by Gasteiger charge is -2.00. The lowest BCUT2D eigenvalue weighted by atomic mass is 10.4. The van der Waals surface area contributed by atoms with Gasteiger partial charge in [-0.25, -0.2) is 4.98 Å². The minimum absolute atomic E-state index is 0.00635. The fourth-order valence-corrected chi connectivity index (χ4v) is 3.22. The summed E-state index contributed by atoms with van der Waals surface area (Å²) in [7, 11) is 0. The highest BCUT2D eigenvalue weighted by Crippen LogP contribution is 2.33. The molecule has 0 fully saturated rings. The highest BCUT2D eigenvalue weighted by Gasteiger charge is 2.35. The van der Waals surface area contributed by atoms with Crippen LogP contribution in [0.5, 0.6) is 0 Å². The molecule has 1 heterocycles. The second kappa shape index (κ2) is 6.15. The molecule has 2 rings (SSSR count). The van der Waals surface area contributed by atoms with Crippen molar-refractivity contribution in [1.29, 1.82) is 0 Å². The van der Waals surface area contributed by atoms with Gasteiger partial charge >= 0.3 is 6.18 Å². The highest BCUT2D eigenvalue weighted by atomic mass is 35.5. The molecule has 1 aromatic carbocycles. The van der Waals surface area contributed by atoms with E-state index in [1.807, 2.05) is 0 Å². The summed E-state index contributed by atoms with van der Waals surface area (Å²) < 4.78 is 37.1. The van der Waals surface area contributed by atoms with Crippen molar-refractivity contribution in [3.05, 3.63) is 45.4 Å². The molecule has 0 bridgehead atoms. The number of ketones is 1. The van der Waals surface area contributed by atoms with Gasteiger partial charge in [0.1, 0.15) is 0 Å². The summed E-state index contributed by atoms with van der Waals surface area (Å²) in [6, 6.07) is 6.90. The zero-order valence-electron chi connectivity index (χ0n) is 9.78. The summed E-state index contributed by atoms with van der Waals surface area (Å²) in [4.78, 5) is 15.8. The largest absolute Gasteiger partial charge is 0.443 e. The number of carbonyl (C=O) groups is 1. The van der Waals surface area contributed by atoms with Crippen LogP contribution in [-0.4, -0.2) is 16.5 Å². The zero-order valence-corrected chi connectivity index (χ0v) is 12.2. The van der Waals surface area contributed by atoms with Gasteiger partial charge in [-0.1, -0.05) is 17.7 Å². The molecule has 0 aliphatic rings. The minimum atomic E-state index is -4.51. The fourth-order valence-electron chi connectivity index (χ4n) is 1.31. The topological polar surface area (TPSA) is 30.0 Å². The van der Waals surface area contributed by atoms with Crippen molar-refractivity contribution in [2.45, 2.75) is 11.1 Å². The Morgan fingerprint density at radius 3 is 2.75 bits per heavy atom. The molecule has 0 saturated carbocycles. The number of nitrogens with zero attached hydrogens (tertiary/aromatic N) is 1. The Morgan fingerprint density at radius 2 is 2.15 bits per heavy atom. The van der Waals surface area contributed by atoms with Crippen LogP contribution in [0.2, 0.25) is 5.02 Å². The van der Waals surface area contributed by atoms with E-state index in [0.717, 1.165) is 11.1 Å². The number of hydrogen-bond acceptors (Lipinski definition) is 4. The van der Waals surface area contributed by atoms with Crippen molar-refractivity contribution in [1.82, 2.24) is 4.98 Å². The Balaban J connectivity index is 2.00. The van der Waals surface area contributed by atoms with Crippen molar-refractivity contribution < 1.29 is 18.0 Å². The first-order chi connectivity index (χ1) is 9.36. The van der Waals surface area contributed by atoms with Crippen LogP contribution in [0.15, 0.2) is 35.4 Å². The number of benzene rings is 1. The van der Waals surface area contributed by atoms with Crippen LogP contribution in [0.4, 0.5) is 13.2 Å². The number of halogens is 4. The molecule has 20 heavy (non-hydrogen) atoms. The molecule has 0 aliphatic heterocycles. The summed E-state index contributed by atoms with van der Waals surface area (Å²) in [5, 5.41) is -0.465. The SMILES string of the molecule is O=C(CSc1cccc(Cl)c1)c1cnc(C(F)(F)F)s1. The third-order valence-corrected chi connectivity index (χ3v) is 4.50. The Morgan fingerprint density at radius 1 is 1.40 bits per heavy atom. The number of alkyl halides is 3. The molecule has 0 radical (unpaired) electrons. The average molecular weight is 338 g/mol. The molecule has 106 valence electrons. The maximum Gasteiger partial charge on any atom is 0.443 e. The van der Waals surface area contributed by atoms with E-state index in [4.69, 9.17) is 11.6 Å². The Labute approximate surface area is 126 Å². The van der Waals surface area contributed by atoms with Crippen LogP contribution >= 0.6 is 34.7 Å². The molecule has 0 unspecified atom stereocenters. The number of thioether (sulfide) groups is 1. The van der Waals surface area contributed by atoms with E-state index in [1.54, 1.807) is 24.3 Å². The van der Waals surface area contributed by atoms with Crippen molar-refractivity contribution in [3.63, 3.8) is 0 Å². The van der Waals surface area contributed by atoms with Crippen molar-refractivity contribution in [3.8, 4) is 0 Å². The van der Waals surface area contributed by atoms with Gasteiger partial charge in [-0.05, 0) is 18.2 Å². The summed E-state index contributed by atoms with van der Waals surface area (Å²) in [6.45, 7) is 0. The number of thiazole rings is 1. The molecule has 1 aromatic heterocycles. The zero-order chi connectivity index (χ0) is 14.8.